The first kappa shape index (κ1) is 13.0. The third kappa shape index (κ3) is 3.82. The minimum Gasteiger partial charge on any atom is -0.339 e. The Bertz CT molecular complexity index is 264. The van der Waals surface area contributed by atoms with Crippen LogP contribution in [-0.4, -0.2) is 36.0 Å². The van der Waals surface area contributed by atoms with Crippen LogP contribution in [0.25, 0.3) is 0 Å². The summed E-state index contributed by atoms with van der Waals surface area (Å²) in [5.74, 6) is 0.171. The molecule has 1 saturated heterocycles. The number of rotatable bonds is 5. The molecule has 1 aliphatic heterocycles. The molecule has 4 heteroatoms. The Hall–Kier alpha value is -1.08. The zero-order valence-corrected chi connectivity index (χ0v) is 10.2. The number of hydrogen-bond donors (Lipinski definition) is 1. The van der Waals surface area contributed by atoms with Crippen molar-refractivity contribution in [2.45, 2.75) is 51.6 Å². The monoisotopic (exact) mass is 223 g/mol. The van der Waals surface area contributed by atoms with Crippen LogP contribution in [0.2, 0.25) is 0 Å². The van der Waals surface area contributed by atoms with Crippen molar-refractivity contribution in [2.24, 2.45) is 0 Å². The first-order valence-electron chi connectivity index (χ1n) is 6.05. The molecule has 0 bridgehead atoms. The number of carbonyl (C=O) groups excluding carboxylic acids is 1. The normalized spacial score (nSPS) is 19.8. The largest absolute Gasteiger partial charge is 0.339 e. The average molecular weight is 223 g/mol. The zero-order chi connectivity index (χ0) is 12.0. The zero-order valence-electron chi connectivity index (χ0n) is 10.2. The van der Waals surface area contributed by atoms with E-state index in [1.807, 2.05) is 18.7 Å². The van der Waals surface area contributed by atoms with Crippen LogP contribution in [0.1, 0.15) is 39.5 Å². The maximum Gasteiger partial charge on any atom is 0.224 e. The number of nitrogens with one attached hydrogen (secondary N) is 1. The van der Waals surface area contributed by atoms with E-state index >= 15 is 0 Å². The molecule has 1 N–H and O–H groups in total. The van der Waals surface area contributed by atoms with E-state index in [9.17, 15) is 4.79 Å². The molecule has 1 unspecified atom stereocenters. The van der Waals surface area contributed by atoms with Gasteiger partial charge < -0.3 is 10.2 Å². The second-order valence-electron chi connectivity index (χ2n) is 4.59. The van der Waals surface area contributed by atoms with E-state index in [1.54, 1.807) is 0 Å². The van der Waals surface area contributed by atoms with Gasteiger partial charge in [-0.2, -0.15) is 5.26 Å². The highest BCUT2D eigenvalue weighted by atomic mass is 16.2. The van der Waals surface area contributed by atoms with Crippen LogP contribution in [-0.2, 0) is 4.79 Å². The van der Waals surface area contributed by atoms with Crippen LogP contribution in [0.4, 0.5) is 0 Å². The maximum atomic E-state index is 12.0. The fourth-order valence-electron chi connectivity index (χ4n) is 2.10. The van der Waals surface area contributed by atoms with Crippen molar-refractivity contribution in [1.29, 1.82) is 5.26 Å². The molecule has 1 rings (SSSR count). The molecule has 1 heterocycles. The number of carbonyl (C=O) groups is 1. The van der Waals surface area contributed by atoms with Crippen LogP contribution >= 0.6 is 0 Å². The summed E-state index contributed by atoms with van der Waals surface area (Å²) in [6.07, 6.45) is 3.25. The summed E-state index contributed by atoms with van der Waals surface area (Å²) in [7, 11) is 0. The van der Waals surface area contributed by atoms with E-state index in [4.69, 9.17) is 5.26 Å². The third-order valence-electron chi connectivity index (χ3n) is 2.99. The maximum absolute atomic E-state index is 12.0. The van der Waals surface area contributed by atoms with Crippen molar-refractivity contribution >= 4 is 5.91 Å². The molecule has 16 heavy (non-hydrogen) atoms. The molecule has 90 valence electrons. The van der Waals surface area contributed by atoms with Gasteiger partial charge >= 0.3 is 0 Å². The molecular formula is C12H21N3O. The molecule has 0 aliphatic carbocycles. The smallest absolute Gasteiger partial charge is 0.224 e. The van der Waals surface area contributed by atoms with E-state index in [0.717, 1.165) is 19.4 Å². The molecule has 0 aromatic heterocycles. The summed E-state index contributed by atoms with van der Waals surface area (Å²) < 4.78 is 0. The molecule has 1 aliphatic rings. The van der Waals surface area contributed by atoms with Gasteiger partial charge in [0.2, 0.25) is 5.91 Å². The lowest BCUT2D eigenvalue weighted by Gasteiger charge is -2.27. The van der Waals surface area contributed by atoms with Gasteiger partial charge in [-0.05, 0) is 33.2 Å². The Morgan fingerprint density at radius 1 is 1.62 bits per heavy atom. The summed E-state index contributed by atoms with van der Waals surface area (Å²) in [6.45, 7) is 5.58. The molecule has 1 fully saturated rings. The highest BCUT2D eigenvalue weighted by Gasteiger charge is 2.22. The number of hydrogen-bond acceptors (Lipinski definition) is 3. The first-order valence-corrected chi connectivity index (χ1v) is 6.05. The van der Waals surface area contributed by atoms with Crippen molar-refractivity contribution in [2.75, 3.05) is 13.1 Å². The molecule has 1 amide bonds. The van der Waals surface area contributed by atoms with Gasteiger partial charge in [0.25, 0.3) is 0 Å². The van der Waals surface area contributed by atoms with Crippen LogP contribution in [0, 0.1) is 11.3 Å². The van der Waals surface area contributed by atoms with Crippen LogP contribution < -0.4 is 5.32 Å². The fraction of sp³-hybridized carbons (Fsp3) is 0.833. The van der Waals surface area contributed by atoms with Gasteiger partial charge in [0, 0.05) is 25.0 Å². The van der Waals surface area contributed by atoms with Crippen molar-refractivity contribution in [1.82, 2.24) is 10.2 Å². The Kier molecular flexibility index (Phi) is 5.27. The summed E-state index contributed by atoms with van der Waals surface area (Å²) in [5, 5.41) is 11.9. The molecular weight excluding hydrogens is 202 g/mol. The van der Waals surface area contributed by atoms with Gasteiger partial charge in [0.1, 0.15) is 0 Å². The van der Waals surface area contributed by atoms with E-state index in [1.165, 1.54) is 0 Å². The Labute approximate surface area is 97.6 Å². The van der Waals surface area contributed by atoms with Gasteiger partial charge in [-0.1, -0.05) is 0 Å². The SMILES string of the molecule is CC(C)N(CCC#N)C(=O)CC1CCCN1. The number of nitrogens with zero attached hydrogens (tertiary/aromatic N) is 2. The van der Waals surface area contributed by atoms with Crippen LogP contribution in [0.15, 0.2) is 0 Å². The van der Waals surface area contributed by atoms with E-state index in [-0.39, 0.29) is 11.9 Å². The predicted molar refractivity (Wildman–Crippen MR) is 62.7 cm³/mol. The molecule has 0 aromatic carbocycles. The van der Waals surface area contributed by atoms with Crippen LogP contribution in [0.5, 0.6) is 0 Å². The van der Waals surface area contributed by atoms with E-state index in [0.29, 0.717) is 25.4 Å². The molecule has 1 atom stereocenters. The van der Waals surface area contributed by atoms with Crippen molar-refractivity contribution in [3.8, 4) is 6.07 Å². The Balaban J connectivity index is 2.43. The standard InChI is InChI=1S/C12H21N3O/c1-10(2)15(8-4-6-13)12(16)9-11-5-3-7-14-11/h10-11,14H,3-5,7-9H2,1-2H3. The molecule has 0 radical (unpaired) electrons. The second kappa shape index (κ2) is 6.49. The second-order valence-corrected chi connectivity index (χ2v) is 4.59. The van der Waals surface area contributed by atoms with Gasteiger partial charge in [-0.15, -0.1) is 0 Å². The van der Waals surface area contributed by atoms with Gasteiger partial charge in [0.15, 0.2) is 0 Å². The Morgan fingerprint density at radius 3 is 2.88 bits per heavy atom. The number of amides is 1. The Morgan fingerprint density at radius 2 is 2.38 bits per heavy atom. The quantitative estimate of drug-likeness (QED) is 0.764. The van der Waals surface area contributed by atoms with Crippen molar-refractivity contribution < 1.29 is 4.79 Å². The highest BCUT2D eigenvalue weighted by molar-refractivity contribution is 5.77. The lowest BCUT2D eigenvalue weighted by molar-refractivity contribution is -0.133. The average Bonchev–Trinajstić information content (AvgIpc) is 2.70. The first-order chi connectivity index (χ1) is 7.65. The van der Waals surface area contributed by atoms with Gasteiger partial charge in [0.05, 0.1) is 12.5 Å². The summed E-state index contributed by atoms with van der Waals surface area (Å²) in [4.78, 5) is 13.8. The lowest BCUT2D eigenvalue weighted by Crippen LogP contribution is -2.40. The lowest BCUT2D eigenvalue weighted by atomic mass is 10.1. The summed E-state index contributed by atoms with van der Waals surface area (Å²) in [6, 6.07) is 2.62. The van der Waals surface area contributed by atoms with Crippen molar-refractivity contribution in [3.05, 3.63) is 0 Å². The van der Waals surface area contributed by atoms with E-state index < -0.39 is 0 Å². The van der Waals surface area contributed by atoms with Gasteiger partial charge in [-0.25, -0.2) is 0 Å². The topological polar surface area (TPSA) is 56.1 Å². The molecule has 0 saturated carbocycles. The number of nitriles is 1. The minimum absolute atomic E-state index is 0.171. The van der Waals surface area contributed by atoms with Gasteiger partial charge in [-0.3, -0.25) is 4.79 Å². The van der Waals surface area contributed by atoms with Crippen LogP contribution in [0.3, 0.4) is 0 Å². The minimum atomic E-state index is 0.171. The fourth-order valence-corrected chi connectivity index (χ4v) is 2.10. The predicted octanol–water partition coefficient (Wildman–Crippen LogP) is 1.28. The summed E-state index contributed by atoms with van der Waals surface area (Å²) >= 11 is 0. The molecule has 0 aromatic rings. The highest BCUT2D eigenvalue weighted by Crippen LogP contribution is 2.12. The molecule has 0 spiro atoms. The summed E-state index contributed by atoms with van der Waals surface area (Å²) in [5.41, 5.74) is 0. The third-order valence-corrected chi connectivity index (χ3v) is 2.99. The molecule has 4 nitrogen and oxygen atoms in total. The van der Waals surface area contributed by atoms with E-state index in [2.05, 4.69) is 11.4 Å². The van der Waals surface area contributed by atoms with Crippen molar-refractivity contribution in [3.63, 3.8) is 0 Å².